The highest BCUT2D eigenvalue weighted by Gasteiger charge is 2.25. The first-order valence-corrected chi connectivity index (χ1v) is 10.6. The standard InChI is InChI=1S/C18H29N3O4S/c1-3-26(23,24)21-12-10-20(11-13-21)15-16-5-7-17(8-6-16)18(22)19-9-4-14-25-2/h5-8H,3-4,9-15H2,1-2H3,(H,19,22). The van der Waals surface area contributed by atoms with Crippen LogP contribution < -0.4 is 5.32 Å². The third-order valence-corrected chi connectivity index (χ3v) is 6.40. The summed E-state index contributed by atoms with van der Waals surface area (Å²) < 4.78 is 30.3. The van der Waals surface area contributed by atoms with Crippen molar-refractivity contribution in [1.82, 2.24) is 14.5 Å². The number of nitrogens with zero attached hydrogens (tertiary/aromatic N) is 2. The Morgan fingerprint density at radius 1 is 1.15 bits per heavy atom. The minimum absolute atomic E-state index is 0.0777. The van der Waals surface area contributed by atoms with Crippen molar-refractivity contribution < 1.29 is 17.9 Å². The number of ether oxygens (including phenoxy) is 1. The number of rotatable bonds is 9. The van der Waals surface area contributed by atoms with Crippen LogP contribution in [0, 0.1) is 0 Å². The highest BCUT2D eigenvalue weighted by Crippen LogP contribution is 2.12. The van der Waals surface area contributed by atoms with Crippen molar-refractivity contribution in [2.24, 2.45) is 0 Å². The number of piperazine rings is 1. The second-order valence-corrected chi connectivity index (χ2v) is 8.63. The number of carbonyl (C=O) groups is 1. The molecule has 1 fully saturated rings. The van der Waals surface area contributed by atoms with Crippen LogP contribution in [0.3, 0.4) is 0 Å². The van der Waals surface area contributed by atoms with E-state index in [4.69, 9.17) is 4.74 Å². The molecule has 0 bridgehead atoms. The highest BCUT2D eigenvalue weighted by molar-refractivity contribution is 7.89. The smallest absolute Gasteiger partial charge is 0.251 e. The van der Waals surface area contributed by atoms with Gasteiger partial charge in [0.05, 0.1) is 5.75 Å². The fourth-order valence-corrected chi connectivity index (χ4v) is 3.97. The fourth-order valence-electron chi connectivity index (χ4n) is 2.89. The van der Waals surface area contributed by atoms with E-state index < -0.39 is 10.0 Å². The number of hydrogen-bond donors (Lipinski definition) is 1. The summed E-state index contributed by atoms with van der Waals surface area (Å²) >= 11 is 0. The molecule has 1 aromatic rings. The van der Waals surface area contributed by atoms with E-state index in [1.54, 1.807) is 18.3 Å². The van der Waals surface area contributed by atoms with E-state index in [1.807, 2.05) is 24.3 Å². The summed E-state index contributed by atoms with van der Waals surface area (Å²) in [4.78, 5) is 14.3. The van der Waals surface area contributed by atoms with Crippen LogP contribution in [0.25, 0.3) is 0 Å². The third-order valence-electron chi connectivity index (χ3n) is 4.52. The second kappa shape index (κ2) is 10.0. The lowest BCUT2D eigenvalue weighted by Gasteiger charge is -2.33. The molecule has 1 heterocycles. The zero-order valence-corrected chi connectivity index (χ0v) is 16.4. The van der Waals surface area contributed by atoms with Gasteiger partial charge in [-0.05, 0) is 31.0 Å². The van der Waals surface area contributed by atoms with Crippen LogP contribution in [0.5, 0.6) is 0 Å². The van der Waals surface area contributed by atoms with Crippen LogP contribution in [0.1, 0.15) is 29.3 Å². The molecule has 0 atom stereocenters. The van der Waals surface area contributed by atoms with Gasteiger partial charge in [-0.1, -0.05) is 12.1 Å². The molecule has 1 aliphatic rings. The van der Waals surface area contributed by atoms with Crippen LogP contribution in [0.15, 0.2) is 24.3 Å². The molecule has 1 amide bonds. The molecular weight excluding hydrogens is 354 g/mol. The van der Waals surface area contributed by atoms with Gasteiger partial charge in [-0.15, -0.1) is 0 Å². The fraction of sp³-hybridized carbons (Fsp3) is 0.611. The lowest BCUT2D eigenvalue weighted by atomic mass is 10.1. The summed E-state index contributed by atoms with van der Waals surface area (Å²) in [6.45, 7) is 6.19. The third kappa shape index (κ3) is 6.05. The summed E-state index contributed by atoms with van der Waals surface area (Å²) in [6.07, 6.45) is 0.792. The van der Waals surface area contributed by atoms with Crippen LogP contribution >= 0.6 is 0 Å². The van der Waals surface area contributed by atoms with Crippen molar-refractivity contribution in [2.45, 2.75) is 19.9 Å². The van der Waals surface area contributed by atoms with E-state index >= 15 is 0 Å². The van der Waals surface area contributed by atoms with Crippen LogP contribution in [-0.4, -0.2) is 75.7 Å². The summed E-state index contributed by atoms with van der Waals surface area (Å²) in [6, 6.07) is 7.58. The maximum atomic E-state index is 12.0. The Bertz CT molecular complexity index is 668. The summed E-state index contributed by atoms with van der Waals surface area (Å²) in [5.41, 5.74) is 1.76. The minimum Gasteiger partial charge on any atom is -0.385 e. The van der Waals surface area contributed by atoms with Gasteiger partial charge in [0.25, 0.3) is 5.91 Å². The molecule has 0 saturated carbocycles. The number of carbonyl (C=O) groups excluding carboxylic acids is 1. The van der Waals surface area contributed by atoms with Crippen molar-refractivity contribution in [2.75, 3.05) is 52.2 Å². The average molecular weight is 384 g/mol. The van der Waals surface area contributed by atoms with Gasteiger partial charge in [-0.2, -0.15) is 4.31 Å². The molecule has 1 aromatic carbocycles. The number of amides is 1. The van der Waals surface area contributed by atoms with E-state index in [2.05, 4.69) is 10.2 Å². The number of nitrogens with one attached hydrogen (secondary N) is 1. The molecule has 0 spiro atoms. The van der Waals surface area contributed by atoms with Gasteiger partial charge < -0.3 is 10.1 Å². The first-order chi connectivity index (χ1) is 12.5. The lowest BCUT2D eigenvalue weighted by molar-refractivity contribution is 0.0948. The molecule has 0 aromatic heterocycles. The average Bonchev–Trinajstić information content (AvgIpc) is 2.66. The monoisotopic (exact) mass is 383 g/mol. The Morgan fingerprint density at radius 3 is 2.38 bits per heavy atom. The highest BCUT2D eigenvalue weighted by atomic mass is 32.2. The quantitative estimate of drug-likeness (QED) is 0.642. The summed E-state index contributed by atoms with van der Waals surface area (Å²) in [7, 11) is -1.45. The van der Waals surface area contributed by atoms with Gasteiger partial charge in [0.15, 0.2) is 0 Å². The molecule has 0 aliphatic carbocycles. The van der Waals surface area contributed by atoms with Crippen molar-refractivity contribution in [3.05, 3.63) is 35.4 Å². The predicted molar refractivity (Wildman–Crippen MR) is 102 cm³/mol. The van der Waals surface area contributed by atoms with Gasteiger partial charge in [0, 0.05) is 58.5 Å². The van der Waals surface area contributed by atoms with Crippen molar-refractivity contribution in [3.63, 3.8) is 0 Å². The number of sulfonamides is 1. The Morgan fingerprint density at radius 2 is 1.81 bits per heavy atom. The Hall–Kier alpha value is -1.48. The molecule has 1 N–H and O–H groups in total. The van der Waals surface area contributed by atoms with Gasteiger partial charge in [-0.25, -0.2) is 8.42 Å². The SMILES string of the molecule is CCS(=O)(=O)N1CCN(Cc2ccc(C(=O)NCCCOC)cc2)CC1. The van der Waals surface area contributed by atoms with Crippen LogP contribution in [-0.2, 0) is 21.3 Å². The molecule has 26 heavy (non-hydrogen) atoms. The maximum absolute atomic E-state index is 12.0. The molecule has 146 valence electrons. The lowest BCUT2D eigenvalue weighted by Crippen LogP contribution is -2.48. The maximum Gasteiger partial charge on any atom is 0.251 e. The van der Waals surface area contributed by atoms with Crippen molar-refractivity contribution >= 4 is 15.9 Å². The van der Waals surface area contributed by atoms with Crippen molar-refractivity contribution in [3.8, 4) is 0 Å². The first-order valence-electron chi connectivity index (χ1n) is 9.02. The van der Waals surface area contributed by atoms with E-state index in [0.29, 0.717) is 31.8 Å². The zero-order chi connectivity index (χ0) is 19.0. The van der Waals surface area contributed by atoms with Gasteiger partial charge in [0.1, 0.15) is 0 Å². The Balaban J connectivity index is 1.80. The Kier molecular flexibility index (Phi) is 8.02. The number of methoxy groups -OCH3 is 1. The van der Waals surface area contributed by atoms with E-state index in [-0.39, 0.29) is 11.7 Å². The first kappa shape index (κ1) is 20.8. The topological polar surface area (TPSA) is 79.0 Å². The molecule has 1 aliphatic heterocycles. The predicted octanol–water partition coefficient (Wildman–Crippen LogP) is 0.920. The molecule has 0 radical (unpaired) electrons. The number of hydrogen-bond acceptors (Lipinski definition) is 5. The minimum atomic E-state index is -3.09. The molecule has 0 unspecified atom stereocenters. The molecule has 2 rings (SSSR count). The van der Waals surface area contributed by atoms with Gasteiger partial charge >= 0.3 is 0 Å². The zero-order valence-electron chi connectivity index (χ0n) is 15.6. The molecule has 1 saturated heterocycles. The van der Waals surface area contributed by atoms with Crippen LogP contribution in [0.4, 0.5) is 0 Å². The molecular formula is C18H29N3O4S. The number of benzene rings is 1. The summed E-state index contributed by atoms with van der Waals surface area (Å²) in [5.74, 6) is 0.0770. The Labute approximate surface area is 156 Å². The van der Waals surface area contributed by atoms with E-state index in [9.17, 15) is 13.2 Å². The largest absolute Gasteiger partial charge is 0.385 e. The normalized spacial score (nSPS) is 16.5. The molecule has 8 heteroatoms. The second-order valence-electron chi connectivity index (χ2n) is 6.37. The van der Waals surface area contributed by atoms with Crippen LogP contribution in [0.2, 0.25) is 0 Å². The van der Waals surface area contributed by atoms with Gasteiger partial charge in [-0.3, -0.25) is 9.69 Å². The van der Waals surface area contributed by atoms with E-state index in [1.165, 1.54) is 0 Å². The van der Waals surface area contributed by atoms with Gasteiger partial charge in [0.2, 0.25) is 10.0 Å². The summed E-state index contributed by atoms with van der Waals surface area (Å²) in [5, 5.41) is 2.87. The van der Waals surface area contributed by atoms with Crippen molar-refractivity contribution in [1.29, 1.82) is 0 Å². The van der Waals surface area contributed by atoms with E-state index in [0.717, 1.165) is 31.6 Å². The molecule has 7 nitrogen and oxygen atoms in total.